The van der Waals surface area contributed by atoms with Crippen molar-refractivity contribution in [3.05, 3.63) is 33.3 Å². The third kappa shape index (κ3) is 2.61. The van der Waals surface area contributed by atoms with E-state index in [1.807, 2.05) is 0 Å². The molecule has 22 heavy (non-hydrogen) atoms. The van der Waals surface area contributed by atoms with E-state index in [-0.39, 0.29) is 0 Å². The van der Waals surface area contributed by atoms with Gasteiger partial charge in [0.25, 0.3) is 0 Å². The lowest BCUT2D eigenvalue weighted by Crippen LogP contribution is -2.30. The van der Waals surface area contributed by atoms with E-state index in [9.17, 15) is 0 Å². The molecule has 118 valence electrons. The molecule has 1 fully saturated rings. The second kappa shape index (κ2) is 5.46. The molecule has 3 heterocycles. The van der Waals surface area contributed by atoms with Crippen LogP contribution in [0.15, 0.2) is 5.38 Å². The van der Waals surface area contributed by atoms with Gasteiger partial charge in [-0.05, 0) is 12.8 Å². The van der Waals surface area contributed by atoms with Crippen LogP contribution in [0.2, 0.25) is 0 Å². The van der Waals surface area contributed by atoms with E-state index in [2.05, 4.69) is 35.7 Å². The minimum atomic E-state index is 0.531. The molecule has 0 unspecified atom stereocenters. The van der Waals surface area contributed by atoms with E-state index in [1.165, 1.54) is 40.8 Å². The van der Waals surface area contributed by atoms with Crippen LogP contribution in [0.4, 0.5) is 0 Å². The second-order valence-corrected chi connectivity index (χ2v) is 7.88. The number of fused-ring (bicyclic) bond motifs is 1. The summed E-state index contributed by atoms with van der Waals surface area (Å²) in [5.74, 6) is 2.59. The summed E-state index contributed by atoms with van der Waals surface area (Å²) in [6.07, 6.45) is 3.77. The maximum atomic E-state index is 4.94. The zero-order chi connectivity index (χ0) is 15.3. The van der Waals surface area contributed by atoms with Crippen LogP contribution in [0.1, 0.15) is 66.4 Å². The smallest absolute Gasteiger partial charge is 0.112 e. The molecule has 0 radical (unpaired) electrons. The molecule has 0 aromatic carbocycles. The minimum Gasteiger partial charge on any atom is -0.335 e. The molecule has 2 aromatic rings. The van der Waals surface area contributed by atoms with E-state index in [0.29, 0.717) is 5.92 Å². The fraction of sp³-hybridized carbons (Fsp3) is 0.647. The maximum Gasteiger partial charge on any atom is 0.112 e. The Bertz CT molecular complexity index is 681. The van der Waals surface area contributed by atoms with E-state index in [4.69, 9.17) is 9.97 Å². The predicted octanol–water partition coefficient (Wildman–Crippen LogP) is 3.44. The molecule has 1 saturated carbocycles. The molecular formula is C17H24N4S. The van der Waals surface area contributed by atoms with E-state index in [1.54, 1.807) is 11.3 Å². The van der Waals surface area contributed by atoms with E-state index < -0.39 is 0 Å². The molecule has 0 atom stereocenters. The van der Waals surface area contributed by atoms with Crippen LogP contribution in [0, 0.1) is 0 Å². The van der Waals surface area contributed by atoms with Crippen molar-refractivity contribution in [2.45, 2.75) is 58.0 Å². The van der Waals surface area contributed by atoms with Gasteiger partial charge >= 0.3 is 0 Å². The Hall–Kier alpha value is -1.20. The van der Waals surface area contributed by atoms with Crippen molar-refractivity contribution in [1.82, 2.24) is 19.4 Å². The first kappa shape index (κ1) is 14.4. The Labute approximate surface area is 136 Å². The summed E-state index contributed by atoms with van der Waals surface area (Å²) in [7, 11) is 2.20. The number of rotatable bonds is 4. The van der Waals surface area contributed by atoms with Gasteiger partial charge in [-0.25, -0.2) is 9.97 Å². The second-order valence-electron chi connectivity index (χ2n) is 6.99. The Kier molecular flexibility index (Phi) is 3.57. The van der Waals surface area contributed by atoms with Crippen molar-refractivity contribution in [1.29, 1.82) is 0 Å². The molecule has 2 aliphatic rings. The Balaban J connectivity index is 1.48. The molecule has 1 aliphatic heterocycles. The van der Waals surface area contributed by atoms with Gasteiger partial charge in [-0.1, -0.05) is 13.8 Å². The lowest BCUT2D eigenvalue weighted by Gasteiger charge is -2.25. The zero-order valence-corrected chi connectivity index (χ0v) is 14.5. The molecule has 4 rings (SSSR count). The first-order chi connectivity index (χ1) is 10.6. The van der Waals surface area contributed by atoms with Crippen molar-refractivity contribution < 1.29 is 0 Å². The number of hydrogen-bond acceptors (Lipinski definition) is 4. The highest BCUT2D eigenvalue weighted by atomic mass is 32.1. The average molecular weight is 316 g/mol. The summed E-state index contributed by atoms with van der Waals surface area (Å²) in [4.78, 5) is 12.2. The molecule has 0 spiro atoms. The summed E-state index contributed by atoms with van der Waals surface area (Å²) in [6.45, 7) is 7.47. The van der Waals surface area contributed by atoms with Crippen LogP contribution in [-0.4, -0.2) is 26.0 Å². The van der Waals surface area contributed by atoms with Crippen molar-refractivity contribution in [2.75, 3.05) is 6.54 Å². The largest absolute Gasteiger partial charge is 0.335 e. The third-order valence-electron chi connectivity index (χ3n) is 4.76. The van der Waals surface area contributed by atoms with Gasteiger partial charge in [-0.2, -0.15) is 0 Å². The SMILES string of the molecule is CC(C)c1nc(CN2CCc3c(nc(C4CC4)n3C)C2)cs1. The van der Waals surface area contributed by atoms with Crippen LogP contribution < -0.4 is 0 Å². The average Bonchev–Trinajstić information content (AvgIpc) is 3.14. The molecule has 0 saturated heterocycles. The van der Waals surface area contributed by atoms with Gasteiger partial charge in [0.05, 0.1) is 16.4 Å². The van der Waals surface area contributed by atoms with Crippen LogP contribution in [0.25, 0.3) is 0 Å². The van der Waals surface area contributed by atoms with Gasteiger partial charge in [-0.3, -0.25) is 4.90 Å². The van der Waals surface area contributed by atoms with Gasteiger partial charge in [0.1, 0.15) is 5.82 Å². The molecule has 0 N–H and O–H groups in total. The molecular weight excluding hydrogens is 292 g/mol. The Morgan fingerprint density at radius 1 is 1.32 bits per heavy atom. The summed E-state index contributed by atoms with van der Waals surface area (Å²) in [5, 5.41) is 3.47. The number of aromatic nitrogens is 3. The maximum absolute atomic E-state index is 4.94. The van der Waals surface area contributed by atoms with Crippen LogP contribution in [0.5, 0.6) is 0 Å². The van der Waals surface area contributed by atoms with Crippen molar-refractivity contribution in [2.24, 2.45) is 7.05 Å². The molecule has 0 amide bonds. The molecule has 0 bridgehead atoms. The number of nitrogens with zero attached hydrogens (tertiary/aromatic N) is 4. The Morgan fingerprint density at radius 3 is 2.82 bits per heavy atom. The summed E-state index contributed by atoms with van der Waals surface area (Å²) in [6, 6.07) is 0. The Morgan fingerprint density at radius 2 is 2.14 bits per heavy atom. The quantitative estimate of drug-likeness (QED) is 0.866. The van der Waals surface area contributed by atoms with Gasteiger partial charge < -0.3 is 4.57 Å². The molecule has 1 aliphatic carbocycles. The third-order valence-corrected chi connectivity index (χ3v) is 5.95. The standard InChI is InChI=1S/C17H24N4S/c1-11(2)17-18-13(10-22-17)8-21-7-6-15-14(9-21)19-16(20(15)3)12-4-5-12/h10-12H,4-9H2,1-3H3. The highest BCUT2D eigenvalue weighted by Gasteiger charge is 2.31. The number of imidazole rings is 1. The van der Waals surface area contributed by atoms with Crippen molar-refractivity contribution in [3.63, 3.8) is 0 Å². The first-order valence-corrected chi connectivity index (χ1v) is 9.20. The molecule has 4 nitrogen and oxygen atoms in total. The van der Waals surface area contributed by atoms with Gasteiger partial charge in [0, 0.05) is 56.0 Å². The van der Waals surface area contributed by atoms with Crippen LogP contribution >= 0.6 is 11.3 Å². The number of thiazole rings is 1. The minimum absolute atomic E-state index is 0.531. The summed E-state index contributed by atoms with van der Waals surface area (Å²) in [5.41, 5.74) is 3.98. The lowest BCUT2D eigenvalue weighted by molar-refractivity contribution is 0.237. The lowest BCUT2D eigenvalue weighted by atomic mass is 10.1. The van der Waals surface area contributed by atoms with Crippen LogP contribution in [-0.2, 0) is 26.6 Å². The van der Waals surface area contributed by atoms with E-state index in [0.717, 1.165) is 32.0 Å². The molecule has 2 aromatic heterocycles. The highest BCUT2D eigenvalue weighted by molar-refractivity contribution is 7.09. The zero-order valence-electron chi connectivity index (χ0n) is 13.7. The van der Waals surface area contributed by atoms with Crippen LogP contribution in [0.3, 0.4) is 0 Å². The van der Waals surface area contributed by atoms with Crippen molar-refractivity contribution in [3.8, 4) is 0 Å². The normalized spacial score (nSPS) is 18.9. The fourth-order valence-corrected chi connectivity index (χ4v) is 4.16. The fourth-order valence-electron chi connectivity index (χ4n) is 3.33. The van der Waals surface area contributed by atoms with Gasteiger partial charge in [0.2, 0.25) is 0 Å². The van der Waals surface area contributed by atoms with Gasteiger partial charge in [-0.15, -0.1) is 11.3 Å². The van der Waals surface area contributed by atoms with E-state index >= 15 is 0 Å². The first-order valence-electron chi connectivity index (χ1n) is 8.33. The topological polar surface area (TPSA) is 34.0 Å². The predicted molar refractivity (Wildman–Crippen MR) is 89.2 cm³/mol. The summed E-state index contributed by atoms with van der Waals surface area (Å²) >= 11 is 1.79. The summed E-state index contributed by atoms with van der Waals surface area (Å²) < 4.78 is 2.37. The van der Waals surface area contributed by atoms with Crippen molar-refractivity contribution >= 4 is 11.3 Å². The van der Waals surface area contributed by atoms with Gasteiger partial charge in [0.15, 0.2) is 0 Å². The molecule has 5 heteroatoms. The highest BCUT2D eigenvalue weighted by Crippen LogP contribution is 2.40. The monoisotopic (exact) mass is 316 g/mol. The number of hydrogen-bond donors (Lipinski definition) is 0.